The topological polar surface area (TPSA) is 24.7 Å². The van der Waals surface area contributed by atoms with Crippen LogP contribution in [0.5, 0.6) is 0 Å². The molecule has 80 valence electrons. The third-order valence-electron chi connectivity index (χ3n) is 2.86. The highest BCUT2D eigenvalue weighted by molar-refractivity contribution is 5.15. The summed E-state index contributed by atoms with van der Waals surface area (Å²) in [5.41, 5.74) is 1.05. The van der Waals surface area contributed by atoms with Crippen LogP contribution < -0.4 is 10.7 Å². The number of benzene rings is 1. The molecule has 1 aromatic carbocycles. The Kier molecular flexibility index (Phi) is 2.59. The Bertz CT molecular complexity index is 476. The van der Waals surface area contributed by atoms with Gasteiger partial charge in [0, 0.05) is 0 Å². The van der Waals surface area contributed by atoms with E-state index < -0.39 is 0 Å². The van der Waals surface area contributed by atoms with Gasteiger partial charge in [0.15, 0.2) is 0 Å². The van der Waals surface area contributed by atoms with E-state index in [-0.39, 0.29) is 5.66 Å². The molecule has 1 aliphatic rings. The first-order valence-electron chi connectivity index (χ1n) is 5.69. The third kappa shape index (κ3) is 2.09. The average molecular weight is 202 g/mol. The molecule has 0 saturated heterocycles. The standard InChI is InChI=1S/C13H18N2/c1-4-5-8-13(3)14-11-7-6-10(2)9-12(11)15-13/h6-7,9H,4-5,8H2,1-3H3. The predicted octanol–water partition coefficient (Wildman–Crippen LogP) is 2.15. The number of nitrogens with zero attached hydrogens (tertiary/aromatic N) is 2. The average Bonchev–Trinajstić information content (AvgIpc) is 2.51. The van der Waals surface area contributed by atoms with Gasteiger partial charge >= 0.3 is 0 Å². The number of unbranched alkanes of at least 4 members (excludes halogenated alkanes) is 1. The summed E-state index contributed by atoms with van der Waals surface area (Å²) in [4.78, 5) is 9.41. The van der Waals surface area contributed by atoms with E-state index in [4.69, 9.17) is 9.98 Å². The zero-order valence-electron chi connectivity index (χ0n) is 9.75. The second-order valence-corrected chi connectivity index (χ2v) is 4.54. The third-order valence-corrected chi connectivity index (χ3v) is 2.86. The van der Waals surface area contributed by atoms with Crippen LogP contribution in [0, 0.1) is 6.92 Å². The highest BCUT2D eigenvalue weighted by Gasteiger charge is 2.23. The van der Waals surface area contributed by atoms with Gasteiger partial charge < -0.3 is 0 Å². The SMILES string of the molecule is CCCCC1(C)N=c2ccc(C)cc2=N1. The monoisotopic (exact) mass is 202 g/mol. The number of fused-ring (bicyclic) bond motifs is 1. The van der Waals surface area contributed by atoms with Gasteiger partial charge in [-0.05, 0) is 44.4 Å². The number of hydrogen-bond acceptors (Lipinski definition) is 2. The van der Waals surface area contributed by atoms with E-state index in [2.05, 4.69) is 39.0 Å². The summed E-state index contributed by atoms with van der Waals surface area (Å²) in [5, 5.41) is 2.12. The van der Waals surface area contributed by atoms with Crippen molar-refractivity contribution in [3.05, 3.63) is 34.5 Å². The van der Waals surface area contributed by atoms with Crippen LogP contribution in [-0.4, -0.2) is 5.66 Å². The van der Waals surface area contributed by atoms with E-state index in [1.165, 1.54) is 18.4 Å². The Balaban J connectivity index is 2.37. The van der Waals surface area contributed by atoms with Gasteiger partial charge in [0.2, 0.25) is 0 Å². The number of rotatable bonds is 3. The van der Waals surface area contributed by atoms with Crippen molar-refractivity contribution < 1.29 is 0 Å². The first-order valence-corrected chi connectivity index (χ1v) is 5.69. The Hall–Kier alpha value is -1.18. The number of hydrogen-bond donors (Lipinski definition) is 0. The predicted molar refractivity (Wildman–Crippen MR) is 61.4 cm³/mol. The van der Waals surface area contributed by atoms with Crippen LogP contribution in [-0.2, 0) is 0 Å². The van der Waals surface area contributed by atoms with Crippen molar-refractivity contribution in [2.24, 2.45) is 9.98 Å². The van der Waals surface area contributed by atoms with Crippen LogP contribution >= 0.6 is 0 Å². The van der Waals surface area contributed by atoms with Gasteiger partial charge in [0.05, 0.1) is 10.7 Å². The van der Waals surface area contributed by atoms with E-state index in [9.17, 15) is 0 Å². The molecule has 0 fully saturated rings. The molecule has 0 saturated carbocycles. The molecule has 0 aromatic heterocycles. The summed E-state index contributed by atoms with van der Waals surface area (Å²) in [6.07, 6.45) is 3.45. The van der Waals surface area contributed by atoms with Crippen LogP contribution in [0.25, 0.3) is 0 Å². The Morgan fingerprint density at radius 1 is 1.20 bits per heavy atom. The van der Waals surface area contributed by atoms with Crippen LogP contribution in [0.1, 0.15) is 38.7 Å². The zero-order valence-corrected chi connectivity index (χ0v) is 9.75. The molecule has 0 aliphatic carbocycles. The minimum Gasteiger partial charge on any atom is -0.254 e. The van der Waals surface area contributed by atoms with E-state index in [0.29, 0.717) is 0 Å². The molecule has 1 heterocycles. The fourth-order valence-corrected chi connectivity index (χ4v) is 1.99. The smallest absolute Gasteiger partial charge is 0.148 e. The lowest BCUT2D eigenvalue weighted by molar-refractivity contribution is 0.435. The summed E-state index contributed by atoms with van der Waals surface area (Å²) in [6.45, 7) is 6.42. The minimum atomic E-state index is -0.202. The largest absolute Gasteiger partial charge is 0.254 e. The van der Waals surface area contributed by atoms with Crippen molar-refractivity contribution in [2.45, 2.75) is 45.7 Å². The Labute approximate surface area is 90.8 Å². The molecule has 15 heavy (non-hydrogen) atoms. The molecular formula is C13H18N2. The first-order chi connectivity index (χ1) is 7.13. The highest BCUT2D eigenvalue weighted by Crippen LogP contribution is 2.20. The summed E-state index contributed by atoms with van der Waals surface area (Å²) < 4.78 is 0. The maximum atomic E-state index is 4.72. The Morgan fingerprint density at radius 2 is 1.93 bits per heavy atom. The van der Waals surface area contributed by atoms with Crippen LogP contribution in [0.3, 0.4) is 0 Å². The highest BCUT2D eigenvalue weighted by atomic mass is 15.1. The van der Waals surface area contributed by atoms with E-state index >= 15 is 0 Å². The van der Waals surface area contributed by atoms with Gasteiger partial charge in [0.25, 0.3) is 0 Å². The lowest BCUT2D eigenvalue weighted by atomic mass is 10.1. The van der Waals surface area contributed by atoms with Crippen LogP contribution in [0.15, 0.2) is 28.2 Å². The molecule has 1 aromatic rings. The van der Waals surface area contributed by atoms with Crippen molar-refractivity contribution in [1.29, 1.82) is 0 Å². The van der Waals surface area contributed by atoms with Gasteiger partial charge in [0.1, 0.15) is 5.66 Å². The second kappa shape index (κ2) is 3.76. The molecular weight excluding hydrogens is 184 g/mol. The molecule has 0 bridgehead atoms. The van der Waals surface area contributed by atoms with Crippen LogP contribution in [0.4, 0.5) is 0 Å². The maximum Gasteiger partial charge on any atom is 0.148 e. The van der Waals surface area contributed by atoms with Crippen molar-refractivity contribution in [1.82, 2.24) is 0 Å². The van der Waals surface area contributed by atoms with Crippen molar-refractivity contribution in [3.63, 3.8) is 0 Å². The van der Waals surface area contributed by atoms with E-state index in [1.807, 2.05) is 0 Å². The molecule has 2 heteroatoms. The summed E-state index contributed by atoms with van der Waals surface area (Å²) in [6, 6.07) is 6.30. The molecule has 0 spiro atoms. The molecule has 1 unspecified atom stereocenters. The molecule has 1 aliphatic heterocycles. The van der Waals surface area contributed by atoms with Crippen LogP contribution in [0.2, 0.25) is 0 Å². The van der Waals surface area contributed by atoms with Crippen molar-refractivity contribution >= 4 is 0 Å². The lowest BCUT2D eigenvalue weighted by Gasteiger charge is -2.16. The summed E-state index contributed by atoms with van der Waals surface area (Å²) in [5.74, 6) is 0. The van der Waals surface area contributed by atoms with Gasteiger partial charge in [-0.25, -0.2) is 0 Å². The summed E-state index contributed by atoms with van der Waals surface area (Å²) >= 11 is 0. The molecule has 0 radical (unpaired) electrons. The van der Waals surface area contributed by atoms with Gasteiger partial charge in [-0.3, -0.25) is 9.98 Å². The second-order valence-electron chi connectivity index (χ2n) is 4.54. The molecule has 1 atom stereocenters. The van der Waals surface area contributed by atoms with Crippen molar-refractivity contribution in [2.75, 3.05) is 0 Å². The Morgan fingerprint density at radius 3 is 2.67 bits per heavy atom. The van der Waals surface area contributed by atoms with Gasteiger partial charge in [-0.15, -0.1) is 0 Å². The minimum absolute atomic E-state index is 0.202. The first kappa shape index (κ1) is 10.3. The fourth-order valence-electron chi connectivity index (χ4n) is 1.99. The van der Waals surface area contributed by atoms with E-state index in [0.717, 1.165) is 17.1 Å². The number of aryl methyl sites for hydroxylation is 1. The quantitative estimate of drug-likeness (QED) is 0.717. The lowest BCUT2D eigenvalue weighted by Crippen LogP contribution is -2.20. The summed E-state index contributed by atoms with van der Waals surface area (Å²) in [7, 11) is 0. The molecule has 0 amide bonds. The normalized spacial score (nSPS) is 23.1. The molecule has 0 N–H and O–H groups in total. The van der Waals surface area contributed by atoms with Crippen molar-refractivity contribution in [3.8, 4) is 0 Å². The fraction of sp³-hybridized carbons (Fsp3) is 0.538. The van der Waals surface area contributed by atoms with Gasteiger partial charge in [-0.1, -0.05) is 19.4 Å². The zero-order chi connectivity index (χ0) is 10.9. The molecule has 2 nitrogen and oxygen atoms in total. The van der Waals surface area contributed by atoms with E-state index in [1.54, 1.807) is 0 Å². The molecule has 2 rings (SSSR count). The maximum absolute atomic E-state index is 4.72. The van der Waals surface area contributed by atoms with Gasteiger partial charge in [-0.2, -0.15) is 0 Å².